The second-order valence-electron chi connectivity index (χ2n) is 5.48. The summed E-state index contributed by atoms with van der Waals surface area (Å²) >= 11 is 0. The number of hydrogen-bond acceptors (Lipinski definition) is 4. The lowest BCUT2D eigenvalue weighted by atomic mass is 10.2. The summed E-state index contributed by atoms with van der Waals surface area (Å²) in [4.78, 5) is 14.0. The van der Waals surface area contributed by atoms with Crippen molar-refractivity contribution in [3.63, 3.8) is 0 Å². The maximum atomic E-state index is 11.7. The number of hydrogen-bond donors (Lipinski definition) is 1. The fourth-order valence-corrected chi connectivity index (χ4v) is 2.25. The van der Waals surface area contributed by atoms with E-state index in [1.807, 2.05) is 13.8 Å². The lowest BCUT2D eigenvalue weighted by Crippen LogP contribution is -2.51. The van der Waals surface area contributed by atoms with Gasteiger partial charge in [0.05, 0.1) is 25.9 Å². The minimum atomic E-state index is 0.0633. The molecule has 2 atom stereocenters. The molecule has 5 nitrogen and oxygen atoms in total. The molecule has 0 spiro atoms. The Balaban J connectivity index is 2.18. The standard InChI is InChI=1S/C14H28N2O3/c1-11(2)19-7-5-14(17)15-9-12(3)16-6-8-18-10-13(16)4/h11-13H,5-10H2,1-4H3,(H,15,17)/t12-,13-/m1/s1. The largest absolute Gasteiger partial charge is 0.379 e. The number of morpholine rings is 1. The molecule has 0 radical (unpaired) electrons. The molecule has 1 heterocycles. The van der Waals surface area contributed by atoms with E-state index in [0.717, 1.165) is 19.8 Å². The third-order valence-corrected chi connectivity index (χ3v) is 3.36. The Labute approximate surface area is 116 Å². The monoisotopic (exact) mass is 272 g/mol. The number of carbonyl (C=O) groups is 1. The van der Waals surface area contributed by atoms with E-state index in [2.05, 4.69) is 24.1 Å². The fraction of sp³-hybridized carbons (Fsp3) is 0.929. The molecule has 1 aliphatic heterocycles. The molecule has 5 heteroatoms. The minimum Gasteiger partial charge on any atom is -0.379 e. The highest BCUT2D eigenvalue weighted by Crippen LogP contribution is 2.10. The van der Waals surface area contributed by atoms with Crippen molar-refractivity contribution in [2.45, 2.75) is 52.3 Å². The summed E-state index contributed by atoms with van der Waals surface area (Å²) in [7, 11) is 0. The quantitative estimate of drug-likeness (QED) is 0.752. The van der Waals surface area contributed by atoms with Crippen LogP contribution >= 0.6 is 0 Å². The molecule has 1 amide bonds. The van der Waals surface area contributed by atoms with Gasteiger partial charge in [-0.25, -0.2) is 0 Å². The first-order valence-corrected chi connectivity index (χ1v) is 7.22. The normalized spacial score (nSPS) is 22.5. The first-order valence-electron chi connectivity index (χ1n) is 7.22. The summed E-state index contributed by atoms with van der Waals surface area (Å²) in [5.74, 6) is 0.0633. The van der Waals surface area contributed by atoms with Crippen molar-refractivity contribution >= 4 is 5.91 Å². The Morgan fingerprint density at radius 3 is 2.84 bits per heavy atom. The van der Waals surface area contributed by atoms with Gasteiger partial charge in [0.15, 0.2) is 0 Å². The number of rotatable bonds is 7. The second kappa shape index (κ2) is 8.51. The van der Waals surface area contributed by atoms with Crippen molar-refractivity contribution in [3.05, 3.63) is 0 Å². The Hall–Kier alpha value is -0.650. The predicted octanol–water partition coefficient (Wildman–Crippen LogP) is 1.03. The van der Waals surface area contributed by atoms with Crippen molar-refractivity contribution < 1.29 is 14.3 Å². The van der Waals surface area contributed by atoms with Crippen molar-refractivity contribution in [3.8, 4) is 0 Å². The topological polar surface area (TPSA) is 50.8 Å². The zero-order chi connectivity index (χ0) is 14.3. The van der Waals surface area contributed by atoms with Crippen LogP contribution in [0.3, 0.4) is 0 Å². The second-order valence-corrected chi connectivity index (χ2v) is 5.48. The van der Waals surface area contributed by atoms with Gasteiger partial charge in [-0.05, 0) is 27.7 Å². The van der Waals surface area contributed by atoms with Gasteiger partial charge in [-0.15, -0.1) is 0 Å². The highest BCUT2D eigenvalue weighted by atomic mass is 16.5. The van der Waals surface area contributed by atoms with Crippen LogP contribution < -0.4 is 5.32 Å². The van der Waals surface area contributed by atoms with Gasteiger partial charge in [-0.2, -0.15) is 0 Å². The predicted molar refractivity (Wildman–Crippen MR) is 75.2 cm³/mol. The summed E-state index contributed by atoms with van der Waals surface area (Å²) in [5.41, 5.74) is 0. The summed E-state index contributed by atoms with van der Waals surface area (Å²) in [6, 6.07) is 0.763. The van der Waals surface area contributed by atoms with Crippen LogP contribution in [0.15, 0.2) is 0 Å². The highest BCUT2D eigenvalue weighted by molar-refractivity contribution is 5.75. The molecule has 0 aliphatic carbocycles. The highest BCUT2D eigenvalue weighted by Gasteiger charge is 2.23. The lowest BCUT2D eigenvalue weighted by Gasteiger charge is -2.37. The third-order valence-electron chi connectivity index (χ3n) is 3.36. The molecule has 19 heavy (non-hydrogen) atoms. The van der Waals surface area contributed by atoms with Gasteiger partial charge in [0.2, 0.25) is 5.91 Å². The van der Waals surface area contributed by atoms with E-state index in [0.29, 0.717) is 31.7 Å². The van der Waals surface area contributed by atoms with Gasteiger partial charge in [0.1, 0.15) is 0 Å². The van der Waals surface area contributed by atoms with Gasteiger partial charge >= 0.3 is 0 Å². The molecule has 1 fully saturated rings. The van der Waals surface area contributed by atoms with Crippen LogP contribution in [0.2, 0.25) is 0 Å². The summed E-state index contributed by atoms with van der Waals surface area (Å²) in [6.45, 7) is 11.9. The number of carbonyl (C=O) groups excluding carboxylic acids is 1. The number of amides is 1. The lowest BCUT2D eigenvalue weighted by molar-refractivity contribution is -0.122. The van der Waals surface area contributed by atoms with E-state index in [4.69, 9.17) is 9.47 Å². The van der Waals surface area contributed by atoms with Crippen LogP contribution in [0.1, 0.15) is 34.1 Å². The zero-order valence-electron chi connectivity index (χ0n) is 12.6. The molecule has 1 saturated heterocycles. The Morgan fingerprint density at radius 1 is 1.47 bits per heavy atom. The summed E-state index contributed by atoms with van der Waals surface area (Å²) in [5, 5.41) is 2.97. The third kappa shape index (κ3) is 6.36. The van der Waals surface area contributed by atoms with Gasteiger partial charge in [0.25, 0.3) is 0 Å². The molecule has 1 N–H and O–H groups in total. The van der Waals surface area contributed by atoms with Crippen LogP contribution in [0.5, 0.6) is 0 Å². The van der Waals surface area contributed by atoms with Crippen LogP contribution in [0.25, 0.3) is 0 Å². The zero-order valence-corrected chi connectivity index (χ0v) is 12.6. The molecule has 1 rings (SSSR count). The summed E-state index contributed by atoms with van der Waals surface area (Å²) < 4.78 is 10.8. The average Bonchev–Trinajstić information content (AvgIpc) is 2.36. The average molecular weight is 272 g/mol. The van der Waals surface area contributed by atoms with Crippen LogP contribution in [-0.4, -0.2) is 61.9 Å². The molecule has 0 saturated carbocycles. The van der Waals surface area contributed by atoms with E-state index in [1.54, 1.807) is 0 Å². The van der Waals surface area contributed by atoms with Gasteiger partial charge < -0.3 is 14.8 Å². The fourth-order valence-electron chi connectivity index (χ4n) is 2.25. The Kier molecular flexibility index (Phi) is 7.34. The van der Waals surface area contributed by atoms with Crippen molar-refractivity contribution in [2.75, 3.05) is 32.9 Å². The maximum absolute atomic E-state index is 11.7. The Bertz CT molecular complexity index is 271. The molecule has 0 aromatic rings. The molecular weight excluding hydrogens is 244 g/mol. The maximum Gasteiger partial charge on any atom is 0.222 e. The molecule has 0 aromatic heterocycles. The smallest absolute Gasteiger partial charge is 0.222 e. The first-order chi connectivity index (χ1) is 9.00. The van der Waals surface area contributed by atoms with Gasteiger partial charge in [-0.1, -0.05) is 0 Å². The SMILES string of the molecule is CC(C)OCCC(=O)NC[C@@H](C)N1CCOC[C@H]1C. The molecule has 1 aliphatic rings. The molecule has 0 aromatic carbocycles. The molecule has 112 valence electrons. The van der Waals surface area contributed by atoms with E-state index < -0.39 is 0 Å². The van der Waals surface area contributed by atoms with Crippen molar-refractivity contribution in [1.82, 2.24) is 10.2 Å². The van der Waals surface area contributed by atoms with Crippen LogP contribution in [0.4, 0.5) is 0 Å². The van der Waals surface area contributed by atoms with Crippen LogP contribution in [0, 0.1) is 0 Å². The van der Waals surface area contributed by atoms with Crippen LogP contribution in [-0.2, 0) is 14.3 Å². The van der Waals surface area contributed by atoms with Crippen molar-refractivity contribution in [1.29, 1.82) is 0 Å². The van der Waals surface area contributed by atoms with E-state index in [1.165, 1.54) is 0 Å². The molecule has 0 bridgehead atoms. The van der Waals surface area contributed by atoms with E-state index in [-0.39, 0.29) is 12.0 Å². The van der Waals surface area contributed by atoms with Crippen molar-refractivity contribution in [2.24, 2.45) is 0 Å². The summed E-state index contributed by atoms with van der Waals surface area (Å²) in [6.07, 6.45) is 0.616. The number of nitrogens with one attached hydrogen (secondary N) is 1. The van der Waals surface area contributed by atoms with Gasteiger partial charge in [0, 0.05) is 31.6 Å². The molecule has 0 unspecified atom stereocenters. The number of ether oxygens (including phenoxy) is 2. The minimum absolute atomic E-state index is 0.0633. The molecular formula is C14H28N2O3. The first kappa shape index (κ1) is 16.4. The van der Waals surface area contributed by atoms with E-state index >= 15 is 0 Å². The number of nitrogens with zero attached hydrogens (tertiary/aromatic N) is 1. The van der Waals surface area contributed by atoms with Gasteiger partial charge in [-0.3, -0.25) is 9.69 Å². The Morgan fingerprint density at radius 2 is 2.21 bits per heavy atom. The van der Waals surface area contributed by atoms with E-state index in [9.17, 15) is 4.79 Å².